The summed E-state index contributed by atoms with van der Waals surface area (Å²) >= 11 is 5.91. The zero-order chi connectivity index (χ0) is 22.9. The number of benzene rings is 3. The molecule has 1 N–H and O–H groups in total. The van der Waals surface area contributed by atoms with Gasteiger partial charge in [0.05, 0.1) is 13.2 Å². The van der Waals surface area contributed by atoms with Crippen molar-refractivity contribution < 1.29 is 14.3 Å². The van der Waals surface area contributed by atoms with Gasteiger partial charge in [0.1, 0.15) is 18.2 Å². The molecule has 0 heterocycles. The number of carbonyl (C=O) groups excluding carboxylic acids is 1. The number of methoxy groups -OCH3 is 1. The highest BCUT2D eigenvalue weighted by molar-refractivity contribution is 6.30. The Labute approximate surface area is 192 Å². The van der Waals surface area contributed by atoms with Gasteiger partial charge >= 0.3 is 0 Å². The molecule has 0 aliphatic carbocycles. The van der Waals surface area contributed by atoms with Gasteiger partial charge in [0.25, 0.3) is 5.91 Å². The van der Waals surface area contributed by atoms with E-state index in [2.05, 4.69) is 5.32 Å². The van der Waals surface area contributed by atoms with Crippen molar-refractivity contribution in [1.29, 1.82) is 5.26 Å². The summed E-state index contributed by atoms with van der Waals surface area (Å²) in [6, 6.07) is 24.0. The highest BCUT2D eigenvalue weighted by atomic mass is 35.5. The maximum Gasteiger partial charge on any atom is 0.262 e. The van der Waals surface area contributed by atoms with Crippen molar-refractivity contribution in [1.82, 2.24) is 5.32 Å². The highest BCUT2D eigenvalue weighted by Gasteiger charge is 2.14. The SMILES string of the molecule is COc1cc(/C=C(\C#N)C(=O)N[C@@H](C)c2ccccc2)ccc1OCc1ccc(Cl)cc1. The number of nitrogens with one attached hydrogen (secondary N) is 1. The van der Waals surface area contributed by atoms with Gasteiger partial charge in [0, 0.05) is 5.02 Å². The smallest absolute Gasteiger partial charge is 0.262 e. The standard InChI is InChI=1S/C26H23ClN2O3/c1-18(21-6-4-3-5-7-21)29-26(30)22(16-28)14-20-10-13-24(25(15-20)31-2)32-17-19-8-11-23(27)12-9-19/h3-15,18H,17H2,1-2H3,(H,29,30)/b22-14+/t18-/m0/s1. The number of hydrogen-bond acceptors (Lipinski definition) is 4. The quantitative estimate of drug-likeness (QED) is 0.355. The van der Waals surface area contributed by atoms with Crippen molar-refractivity contribution in [3.05, 3.63) is 100 Å². The van der Waals surface area contributed by atoms with Crippen LogP contribution in [-0.4, -0.2) is 13.0 Å². The zero-order valence-corrected chi connectivity index (χ0v) is 18.6. The van der Waals surface area contributed by atoms with Crippen molar-refractivity contribution in [2.75, 3.05) is 7.11 Å². The van der Waals surface area contributed by atoms with Crippen molar-refractivity contribution in [3.8, 4) is 17.6 Å². The Morgan fingerprint density at radius 2 is 1.81 bits per heavy atom. The molecule has 5 nitrogen and oxygen atoms in total. The van der Waals surface area contributed by atoms with Gasteiger partial charge in [0.15, 0.2) is 11.5 Å². The number of carbonyl (C=O) groups is 1. The number of amides is 1. The van der Waals surface area contributed by atoms with Gasteiger partial charge in [-0.1, -0.05) is 60.1 Å². The number of hydrogen-bond donors (Lipinski definition) is 1. The summed E-state index contributed by atoms with van der Waals surface area (Å²) in [5.74, 6) is 0.620. The van der Waals surface area contributed by atoms with Crippen LogP contribution in [0, 0.1) is 11.3 Å². The third-order valence-electron chi connectivity index (χ3n) is 4.82. The van der Waals surface area contributed by atoms with Crippen LogP contribution < -0.4 is 14.8 Å². The van der Waals surface area contributed by atoms with Gasteiger partial charge in [-0.05, 0) is 54.0 Å². The summed E-state index contributed by atoms with van der Waals surface area (Å²) in [6.07, 6.45) is 1.53. The third-order valence-corrected chi connectivity index (χ3v) is 5.07. The van der Waals surface area contributed by atoms with E-state index in [1.165, 1.54) is 13.2 Å². The second-order valence-corrected chi connectivity index (χ2v) is 7.54. The van der Waals surface area contributed by atoms with Crippen molar-refractivity contribution >= 4 is 23.6 Å². The number of halogens is 1. The van der Waals surface area contributed by atoms with Crippen LogP contribution in [0.5, 0.6) is 11.5 Å². The van der Waals surface area contributed by atoms with E-state index in [9.17, 15) is 10.1 Å². The lowest BCUT2D eigenvalue weighted by Gasteiger charge is -2.14. The first-order valence-corrected chi connectivity index (χ1v) is 10.4. The zero-order valence-electron chi connectivity index (χ0n) is 17.8. The van der Waals surface area contributed by atoms with Crippen LogP contribution in [0.15, 0.2) is 78.4 Å². The first kappa shape index (κ1) is 22.9. The number of ether oxygens (including phenoxy) is 2. The molecular formula is C26H23ClN2O3. The molecular weight excluding hydrogens is 424 g/mol. The van der Waals surface area contributed by atoms with E-state index < -0.39 is 5.91 Å². The molecule has 0 aliphatic heterocycles. The maximum absolute atomic E-state index is 12.6. The van der Waals surface area contributed by atoms with Crippen molar-refractivity contribution in [2.45, 2.75) is 19.6 Å². The molecule has 162 valence electrons. The van der Waals surface area contributed by atoms with Crippen LogP contribution in [0.2, 0.25) is 5.02 Å². The average Bonchev–Trinajstić information content (AvgIpc) is 2.82. The molecule has 0 saturated carbocycles. The average molecular weight is 447 g/mol. The molecule has 3 aromatic carbocycles. The molecule has 32 heavy (non-hydrogen) atoms. The molecule has 0 bridgehead atoms. The van der Waals surface area contributed by atoms with Gasteiger partial charge < -0.3 is 14.8 Å². The first-order chi connectivity index (χ1) is 15.5. The number of rotatable bonds is 8. The first-order valence-electron chi connectivity index (χ1n) is 10.0. The third kappa shape index (κ3) is 6.13. The van der Waals surface area contributed by atoms with Gasteiger partial charge in [-0.3, -0.25) is 4.79 Å². The Balaban J connectivity index is 1.72. The predicted molar refractivity (Wildman–Crippen MR) is 125 cm³/mol. The van der Waals surface area contributed by atoms with Crippen LogP contribution in [-0.2, 0) is 11.4 Å². The predicted octanol–water partition coefficient (Wildman–Crippen LogP) is 5.71. The molecule has 0 aliphatic rings. The van der Waals surface area contributed by atoms with E-state index in [4.69, 9.17) is 21.1 Å². The minimum atomic E-state index is -0.439. The Kier molecular flexibility index (Phi) is 7.91. The molecule has 0 unspecified atom stereocenters. The fourth-order valence-electron chi connectivity index (χ4n) is 3.05. The molecule has 0 saturated heterocycles. The summed E-state index contributed by atoms with van der Waals surface area (Å²) in [7, 11) is 1.54. The molecule has 0 fully saturated rings. The van der Waals surface area contributed by atoms with Crippen LogP contribution in [0.25, 0.3) is 6.08 Å². The Morgan fingerprint density at radius 1 is 1.09 bits per heavy atom. The molecule has 3 aromatic rings. The lowest BCUT2D eigenvalue weighted by atomic mass is 10.1. The van der Waals surface area contributed by atoms with Crippen molar-refractivity contribution in [3.63, 3.8) is 0 Å². The summed E-state index contributed by atoms with van der Waals surface area (Å²) in [5.41, 5.74) is 2.59. The van der Waals surface area contributed by atoms with E-state index in [1.54, 1.807) is 30.3 Å². The normalized spacial score (nSPS) is 11.9. The van der Waals surface area contributed by atoms with Gasteiger partial charge in [-0.2, -0.15) is 5.26 Å². The van der Waals surface area contributed by atoms with E-state index in [-0.39, 0.29) is 11.6 Å². The largest absolute Gasteiger partial charge is 0.493 e. The van der Waals surface area contributed by atoms with Crippen molar-refractivity contribution in [2.24, 2.45) is 0 Å². The van der Waals surface area contributed by atoms with Crippen LogP contribution in [0.3, 0.4) is 0 Å². The molecule has 1 atom stereocenters. The van der Waals surface area contributed by atoms with E-state index >= 15 is 0 Å². The molecule has 6 heteroatoms. The lowest BCUT2D eigenvalue weighted by molar-refractivity contribution is -0.117. The van der Waals surface area contributed by atoms with Gasteiger partial charge in [-0.15, -0.1) is 0 Å². The minimum Gasteiger partial charge on any atom is -0.493 e. The number of nitriles is 1. The number of nitrogens with zero attached hydrogens (tertiary/aromatic N) is 1. The molecule has 0 spiro atoms. The fraction of sp³-hybridized carbons (Fsp3) is 0.154. The minimum absolute atomic E-state index is 0.00432. The molecule has 0 radical (unpaired) electrons. The lowest BCUT2D eigenvalue weighted by Crippen LogP contribution is -2.27. The molecule has 0 aromatic heterocycles. The fourth-order valence-corrected chi connectivity index (χ4v) is 3.18. The molecule has 3 rings (SSSR count). The Hall–Kier alpha value is -3.75. The second kappa shape index (κ2) is 11.0. The maximum atomic E-state index is 12.6. The van der Waals surface area contributed by atoms with Gasteiger partial charge in [0.2, 0.25) is 0 Å². The summed E-state index contributed by atoms with van der Waals surface area (Å²) in [5, 5.41) is 13.0. The van der Waals surface area contributed by atoms with Crippen LogP contribution in [0.1, 0.15) is 29.7 Å². The summed E-state index contributed by atoms with van der Waals surface area (Å²) < 4.78 is 11.3. The summed E-state index contributed by atoms with van der Waals surface area (Å²) in [4.78, 5) is 12.6. The van der Waals surface area contributed by atoms with Crippen LogP contribution >= 0.6 is 11.6 Å². The van der Waals surface area contributed by atoms with E-state index in [1.807, 2.05) is 55.5 Å². The van der Waals surface area contributed by atoms with E-state index in [0.29, 0.717) is 28.7 Å². The summed E-state index contributed by atoms with van der Waals surface area (Å²) in [6.45, 7) is 2.23. The Bertz CT molecular complexity index is 1140. The van der Waals surface area contributed by atoms with Gasteiger partial charge in [-0.25, -0.2) is 0 Å². The van der Waals surface area contributed by atoms with Crippen LogP contribution in [0.4, 0.5) is 0 Å². The molecule has 1 amide bonds. The Morgan fingerprint density at radius 3 is 2.47 bits per heavy atom. The monoisotopic (exact) mass is 446 g/mol. The van der Waals surface area contributed by atoms with E-state index in [0.717, 1.165) is 11.1 Å². The second-order valence-electron chi connectivity index (χ2n) is 7.10. The highest BCUT2D eigenvalue weighted by Crippen LogP contribution is 2.30. The topological polar surface area (TPSA) is 71.3 Å².